The van der Waals surface area contributed by atoms with Crippen LogP contribution >= 0.6 is 12.2 Å². The van der Waals surface area contributed by atoms with Crippen LogP contribution in [0, 0.1) is 0 Å². The number of nitrogens with one attached hydrogen (secondary N) is 1. The molecule has 2 aliphatic heterocycles. The lowest BCUT2D eigenvalue weighted by molar-refractivity contribution is 0.0158. The fourth-order valence-corrected chi connectivity index (χ4v) is 5.30. The van der Waals surface area contributed by atoms with Gasteiger partial charge in [0.15, 0.2) is 5.60 Å². The number of phenolic OH excluding ortho intramolecular Hbond substituents is 2. The molecule has 0 saturated carbocycles. The maximum atomic E-state index is 13.3. The van der Waals surface area contributed by atoms with Gasteiger partial charge in [0, 0.05) is 59.0 Å². The molecule has 0 atom stereocenters. The van der Waals surface area contributed by atoms with Crippen molar-refractivity contribution in [2.24, 2.45) is 5.11 Å². The molecule has 0 fully saturated rings. The normalized spacial score (nSPS) is 13.7. The molecule has 3 aromatic rings. The number of carbonyl (C=O) groups is 1. The number of hydrogen-bond acceptors (Lipinski definition) is 10. The van der Waals surface area contributed by atoms with Gasteiger partial charge in [0.1, 0.15) is 23.0 Å². The second-order valence-corrected chi connectivity index (χ2v) is 10.2. The highest BCUT2D eigenvalue weighted by Gasteiger charge is 2.53. The van der Waals surface area contributed by atoms with Crippen LogP contribution in [-0.4, -0.2) is 67.4 Å². The van der Waals surface area contributed by atoms with E-state index in [1.54, 1.807) is 18.2 Å². The van der Waals surface area contributed by atoms with Crippen LogP contribution < -0.4 is 10.1 Å². The van der Waals surface area contributed by atoms with E-state index in [4.69, 9.17) is 41.4 Å². The van der Waals surface area contributed by atoms with E-state index in [9.17, 15) is 15.0 Å². The molecule has 0 aromatic heterocycles. The predicted molar refractivity (Wildman–Crippen MR) is 160 cm³/mol. The van der Waals surface area contributed by atoms with Gasteiger partial charge in [-0.1, -0.05) is 23.4 Å². The van der Waals surface area contributed by atoms with Crippen molar-refractivity contribution in [1.82, 2.24) is 0 Å². The number of esters is 1. The summed E-state index contributed by atoms with van der Waals surface area (Å²) < 4.78 is 28.4. The summed E-state index contributed by atoms with van der Waals surface area (Å²) in [4.78, 5) is 16.5. The van der Waals surface area contributed by atoms with E-state index < -0.39 is 11.6 Å². The number of nitrogens with zero attached hydrogens (tertiary/aromatic N) is 3. The molecule has 0 saturated heterocycles. The lowest BCUT2D eigenvalue weighted by Crippen LogP contribution is -2.32. The van der Waals surface area contributed by atoms with Gasteiger partial charge in [0.25, 0.3) is 0 Å². The number of rotatable bonds is 14. The largest absolute Gasteiger partial charge is 0.508 e. The average Bonchev–Trinajstić information content (AvgIpc) is 3.26. The highest BCUT2D eigenvalue weighted by atomic mass is 32.1. The van der Waals surface area contributed by atoms with Crippen LogP contribution in [-0.2, 0) is 24.5 Å². The first-order chi connectivity index (χ1) is 20.9. The molecule has 43 heavy (non-hydrogen) atoms. The standard InChI is InChI=1S/C30H30N4O8S/c31-34-32-9-11-39-13-15-40-14-12-38-10-1-2-28(43)33-19-3-6-23-22(16-19)29(37)42-30(23)24-7-4-20(35)17-26(24)41-27-18-21(36)5-8-25(27)30/h3-8,16-18,35-36H,1-2,9-15H2,(H,33,43). The Kier molecular flexibility index (Phi) is 9.60. The summed E-state index contributed by atoms with van der Waals surface area (Å²) >= 11 is 5.52. The number of azide groups is 1. The zero-order chi connectivity index (χ0) is 30.2. The number of phenols is 2. The Balaban J connectivity index is 1.16. The lowest BCUT2D eigenvalue weighted by atomic mass is 9.77. The van der Waals surface area contributed by atoms with E-state index in [0.717, 1.165) is 0 Å². The van der Waals surface area contributed by atoms with E-state index in [0.29, 0.717) is 103 Å². The summed E-state index contributed by atoms with van der Waals surface area (Å²) in [5.74, 6) is 0.124. The SMILES string of the molecule is [N-]=[N+]=NCCOCCOCCOCCCC(=S)Nc1ccc2c(c1)C(=O)OC21c2ccc(O)cc2Oc2cc(O)ccc21. The lowest BCUT2D eigenvalue weighted by Gasteiger charge is -2.36. The number of ether oxygens (including phenoxy) is 5. The third kappa shape index (κ3) is 6.66. The zero-order valence-corrected chi connectivity index (χ0v) is 24.0. The molecule has 12 nitrogen and oxygen atoms in total. The van der Waals surface area contributed by atoms with Crippen LogP contribution in [0.15, 0.2) is 59.7 Å². The minimum absolute atomic E-state index is 0.00403. The third-order valence-electron chi connectivity index (χ3n) is 6.89. The number of hydrogen-bond donors (Lipinski definition) is 3. The quantitative estimate of drug-likeness (QED) is 0.0529. The van der Waals surface area contributed by atoms with E-state index in [1.807, 2.05) is 12.1 Å². The first-order valence-corrected chi connectivity index (χ1v) is 14.1. The van der Waals surface area contributed by atoms with Gasteiger partial charge in [-0.2, -0.15) is 0 Å². The Hall–Kier alpha value is -4.39. The highest BCUT2D eigenvalue weighted by Crippen LogP contribution is 2.57. The molecule has 2 aliphatic rings. The van der Waals surface area contributed by atoms with Gasteiger partial charge in [0.2, 0.25) is 0 Å². The minimum Gasteiger partial charge on any atom is -0.508 e. The van der Waals surface area contributed by atoms with Crippen LogP contribution in [0.1, 0.15) is 39.9 Å². The van der Waals surface area contributed by atoms with Gasteiger partial charge >= 0.3 is 5.97 Å². The van der Waals surface area contributed by atoms with Crippen molar-refractivity contribution in [1.29, 1.82) is 0 Å². The van der Waals surface area contributed by atoms with Crippen LogP contribution in [0.3, 0.4) is 0 Å². The number of anilines is 1. The molecule has 0 amide bonds. The van der Waals surface area contributed by atoms with Gasteiger partial charge < -0.3 is 39.2 Å². The zero-order valence-electron chi connectivity index (χ0n) is 23.2. The molecular weight excluding hydrogens is 576 g/mol. The molecule has 224 valence electrons. The summed E-state index contributed by atoms with van der Waals surface area (Å²) in [5.41, 5.74) is 9.65. The Morgan fingerprint density at radius 3 is 2.14 bits per heavy atom. The van der Waals surface area contributed by atoms with Gasteiger partial charge in [-0.05, 0) is 48.4 Å². The molecule has 5 rings (SSSR count). The van der Waals surface area contributed by atoms with Crippen molar-refractivity contribution in [2.75, 3.05) is 51.5 Å². The second-order valence-electron chi connectivity index (χ2n) is 9.74. The van der Waals surface area contributed by atoms with Crippen molar-refractivity contribution < 1.29 is 38.7 Å². The van der Waals surface area contributed by atoms with Crippen molar-refractivity contribution in [3.05, 3.63) is 87.3 Å². The predicted octanol–water partition coefficient (Wildman–Crippen LogP) is 5.55. The van der Waals surface area contributed by atoms with Crippen LogP contribution in [0.4, 0.5) is 5.69 Å². The first-order valence-electron chi connectivity index (χ1n) is 13.7. The first kappa shape index (κ1) is 30.1. The van der Waals surface area contributed by atoms with E-state index >= 15 is 0 Å². The van der Waals surface area contributed by atoms with E-state index in [1.165, 1.54) is 24.3 Å². The average molecular weight is 607 g/mol. The van der Waals surface area contributed by atoms with E-state index in [-0.39, 0.29) is 11.5 Å². The van der Waals surface area contributed by atoms with Gasteiger partial charge in [-0.3, -0.25) is 0 Å². The topological polar surface area (TPSA) is 164 Å². The Morgan fingerprint density at radius 2 is 1.49 bits per heavy atom. The number of fused-ring (bicyclic) bond motifs is 6. The maximum absolute atomic E-state index is 13.3. The summed E-state index contributed by atoms with van der Waals surface area (Å²) in [6.45, 7) is 2.93. The third-order valence-corrected chi connectivity index (χ3v) is 7.20. The highest BCUT2D eigenvalue weighted by molar-refractivity contribution is 7.80. The molecule has 3 aromatic carbocycles. The van der Waals surface area contributed by atoms with E-state index in [2.05, 4.69) is 15.3 Å². The van der Waals surface area contributed by atoms with Crippen molar-refractivity contribution >= 4 is 28.9 Å². The van der Waals surface area contributed by atoms with Crippen molar-refractivity contribution in [3.8, 4) is 23.0 Å². The summed E-state index contributed by atoms with van der Waals surface area (Å²) in [7, 11) is 0. The van der Waals surface area contributed by atoms with Crippen LogP contribution in [0.2, 0.25) is 0 Å². The molecule has 13 heteroatoms. The minimum atomic E-state index is -1.31. The van der Waals surface area contributed by atoms with Crippen LogP contribution in [0.5, 0.6) is 23.0 Å². The molecule has 3 N–H and O–H groups in total. The molecule has 1 spiro atoms. The van der Waals surface area contributed by atoms with Gasteiger partial charge in [0.05, 0.1) is 43.6 Å². The Morgan fingerprint density at radius 1 is 0.884 bits per heavy atom. The molecule has 0 bridgehead atoms. The maximum Gasteiger partial charge on any atom is 0.340 e. The number of thiocarbonyl (C=S) groups is 1. The van der Waals surface area contributed by atoms with Crippen molar-refractivity contribution in [2.45, 2.75) is 18.4 Å². The Bertz CT molecular complexity index is 1510. The number of aromatic hydroxyl groups is 2. The van der Waals surface area contributed by atoms with Crippen LogP contribution in [0.25, 0.3) is 10.4 Å². The fraction of sp³-hybridized carbons (Fsp3) is 0.333. The van der Waals surface area contributed by atoms with Crippen molar-refractivity contribution in [3.63, 3.8) is 0 Å². The second kappa shape index (κ2) is 13.7. The molecular formula is C30H30N4O8S. The Labute approximate surface area is 252 Å². The monoisotopic (exact) mass is 606 g/mol. The summed E-state index contributed by atoms with van der Waals surface area (Å²) in [6.07, 6.45) is 1.30. The number of benzene rings is 3. The smallest absolute Gasteiger partial charge is 0.340 e. The van der Waals surface area contributed by atoms with Gasteiger partial charge in [-0.25, -0.2) is 4.79 Å². The molecule has 0 aliphatic carbocycles. The summed E-state index contributed by atoms with van der Waals surface area (Å²) in [6, 6.07) is 14.6. The number of carbonyl (C=O) groups excluding carboxylic acids is 1. The summed E-state index contributed by atoms with van der Waals surface area (Å²) in [5, 5.41) is 26.7. The molecule has 2 heterocycles. The molecule has 0 radical (unpaired) electrons. The molecule has 0 unspecified atom stereocenters. The fourth-order valence-electron chi connectivity index (χ4n) is 5.03. The van der Waals surface area contributed by atoms with Gasteiger partial charge in [-0.15, -0.1) is 0 Å².